The van der Waals surface area contributed by atoms with E-state index >= 15 is 0 Å². The standard InChI is InChI=1S/C26H28FN5O5/c1-26(2,35)22(27)14-32-13-17-11-19(21(12-18(17)25(32)34)31-7-9-36-10-8-31)29-23(33)20-15-37-24(30-20)16-3-5-28-6-4-16/h3-6,11-12,15,22,35H,7-10,13-14H2,1-2H3,(H,29,33). The molecule has 2 amide bonds. The highest BCUT2D eigenvalue weighted by molar-refractivity contribution is 6.07. The van der Waals surface area contributed by atoms with Gasteiger partial charge in [-0.1, -0.05) is 0 Å². The molecular formula is C26H28FN5O5. The number of aliphatic hydroxyl groups is 1. The third-order valence-electron chi connectivity index (χ3n) is 6.51. The third kappa shape index (κ3) is 5.18. The number of ether oxygens (including phenoxy) is 1. The molecule has 0 radical (unpaired) electrons. The number of hydrogen-bond acceptors (Lipinski definition) is 8. The van der Waals surface area contributed by atoms with Crippen LogP contribution in [0.1, 0.15) is 40.3 Å². The van der Waals surface area contributed by atoms with E-state index in [1.807, 2.05) is 4.90 Å². The molecule has 2 aliphatic heterocycles. The van der Waals surface area contributed by atoms with Crippen molar-refractivity contribution >= 4 is 23.2 Å². The van der Waals surface area contributed by atoms with Gasteiger partial charge in [0.25, 0.3) is 11.8 Å². The van der Waals surface area contributed by atoms with Crippen LogP contribution in [0.25, 0.3) is 11.5 Å². The van der Waals surface area contributed by atoms with E-state index in [2.05, 4.69) is 15.3 Å². The summed E-state index contributed by atoms with van der Waals surface area (Å²) < 4.78 is 25.5. The van der Waals surface area contributed by atoms with Crippen LogP contribution in [0.4, 0.5) is 15.8 Å². The number of anilines is 2. The van der Waals surface area contributed by atoms with Gasteiger partial charge in [0.05, 0.1) is 36.7 Å². The summed E-state index contributed by atoms with van der Waals surface area (Å²) in [6.07, 6.45) is 2.90. The second-order valence-corrected chi connectivity index (χ2v) is 9.66. The van der Waals surface area contributed by atoms with Crippen LogP contribution < -0.4 is 10.2 Å². The molecule has 11 heteroatoms. The fraction of sp³-hybridized carbons (Fsp3) is 0.385. The van der Waals surface area contributed by atoms with Crippen molar-refractivity contribution in [2.75, 3.05) is 43.1 Å². The van der Waals surface area contributed by atoms with Gasteiger partial charge in [-0.25, -0.2) is 9.37 Å². The Hall–Kier alpha value is -3.83. The van der Waals surface area contributed by atoms with E-state index in [-0.39, 0.29) is 24.7 Å². The third-order valence-corrected chi connectivity index (χ3v) is 6.51. The number of carbonyl (C=O) groups excluding carboxylic acids is 2. The molecule has 1 atom stereocenters. The number of carbonyl (C=O) groups is 2. The normalized spacial score (nSPS) is 16.6. The number of rotatable bonds is 7. The summed E-state index contributed by atoms with van der Waals surface area (Å²) in [5, 5.41) is 12.9. The highest BCUT2D eigenvalue weighted by Crippen LogP contribution is 2.36. The zero-order valence-corrected chi connectivity index (χ0v) is 20.6. The molecule has 37 heavy (non-hydrogen) atoms. The van der Waals surface area contributed by atoms with Crippen LogP contribution in [0, 0.1) is 0 Å². The Morgan fingerprint density at radius 1 is 1.24 bits per heavy atom. The number of nitrogens with zero attached hydrogens (tertiary/aromatic N) is 4. The maximum absolute atomic E-state index is 14.5. The molecule has 4 heterocycles. The van der Waals surface area contributed by atoms with E-state index in [9.17, 15) is 19.1 Å². The molecule has 3 aromatic rings. The molecule has 0 bridgehead atoms. The Kier molecular flexibility index (Phi) is 6.65. The van der Waals surface area contributed by atoms with E-state index in [4.69, 9.17) is 9.15 Å². The second-order valence-electron chi connectivity index (χ2n) is 9.66. The molecule has 0 saturated carbocycles. The lowest BCUT2D eigenvalue weighted by molar-refractivity contribution is -0.0159. The van der Waals surface area contributed by atoms with Gasteiger partial charge in [-0.05, 0) is 43.7 Å². The molecule has 0 spiro atoms. The number of nitrogens with one attached hydrogen (secondary N) is 1. The summed E-state index contributed by atoms with van der Waals surface area (Å²) in [4.78, 5) is 37.9. The number of oxazole rings is 1. The van der Waals surface area contributed by atoms with Crippen LogP contribution in [-0.4, -0.2) is 76.4 Å². The van der Waals surface area contributed by atoms with Gasteiger partial charge >= 0.3 is 0 Å². The van der Waals surface area contributed by atoms with Crippen molar-refractivity contribution in [2.45, 2.75) is 32.2 Å². The zero-order valence-electron chi connectivity index (χ0n) is 20.6. The Balaban J connectivity index is 1.42. The fourth-order valence-corrected chi connectivity index (χ4v) is 4.33. The van der Waals surface area contributed by atoms with Crippen molar-refractivity contribution in [2.24, 2.45) is 0 Å². The maximum atomic E-state index is 14.5. The van der Waals surface area contributed by atoms with Crippen molar-refractivity contribution in [1.82, 2.24) is 14.9 Å². The summed E-state index contributed by atoms with van der Waals surface area (Å²) in [6, 6.07) is 6.94. The monoisotopic (exact) mass is 509 g/mol. The van der Waals surface area contributed by atoms with E-state index < -0.39 is 17.7 Å². The van der Waals surface area contributed by atoms with Crippen molar-refractivity contribution in [3.05, 3.63) is 59.7 Å². The van der Waals surface area contributed by atoms with E-state index in [0.717, 1.165) is 0 Å². The number of benzene rings is 1. The molecule has 2 aromatic heterocycles. The highest BCUT2D eigenvalue weighted by atomic mass is 19.1. The van der Waals surface area contributed by atoms with Crippen LogP contribution in [0.5, 0.6) is 0 Å². The first-order valence-corrected chi connectivity index (χ1v) is 12.0. The van der Waals surface area contributed by atoms with Crippen molar-refractivity contribution in [3.8, 4) is 11.5 Å². The van der Waals surface area contributed by atoms with Gasteiger partial charge in [0.1, 0.15) is 12.4 Å². The Morgan fingerprint density at radius 3 is 2.68 bits per heavy atom. The topological polar surface area (TPSA) is 121 Å². The van der Waals surface area contributed by atoms with Crippen molar-refractivity contribution in [3.63, 3.8) is 0 Å². The average Bonchev–Trinajstić information content (AvgIpc) is 3.49. The summed E-state index contributed by atoms with van der Waals surface area (Å²) in [5.74, 6) is -0.484. The second kappa shape index (κ2) is 9.91. The number of amides is 2. The predicted molar refractivity (Wildman–Crippen MR) is 133 cm³/mol. The highest BCUT2D eigenvalue weighted by Gasteiger charge is 2.35. The Morgan fingerprint density at radius 2 is 1.97 bits per heavy atom. The van der Waals surface area contributed by atoms with E-state index in [1.54, 1.807) is 36.7 Å². The molecule has 0 aliphatic carbocycles. The maximum Gasteiger partial charge on any atom is 0.277 e. The van der Waals surface area contributed by atoms with E-state index in [0.29, 0.717) is 60.3 Å². The van der Waals surface area contributed by atoms with Crippen LogP contribution in [0.3, 0.4) is 0 Å². The van der Waals surface area contributed by atoms with Crippen molar-refractivity contribution in [1.29, 1.82) is 0 Å². The minimum Gasteiger partial charge on any atom is -0.444 e. The van der Waals surface area contributed by atoms with Crippen LogP contribution in [0.15, 0.2) is 47.3 Å². The molecule has 1 unspecified atom stereocenters. The number of aromatic nitrogens is 2. The van der Waals surface area contributed by atoms with Gasteiger partial charge in [0, 0.05) is 43.2 Å². The van der Waals surface area contributed by atoms with Gasteiger partial charge in [-0.3, -0.25) is 14.6 Å². The molecule has 10 nitrogen and oxygen atoms in total. The SMILES string of the molecule is CC(C)(O)C(F)CN1Cc2cc(NC(=O)c3coc(-c4ccncc4)n3)c(N3CCOCC3)cc2C1=O. The average molecular weight is 510 g/mol. The lowest BCUT2D eigenvalue weighted by atomic mass is 10.0. The molecule has 1 saturated heterocycles. The largest absolute Gasteiger partial charge is 0.444 e. The zero-order chi connectivity index (χ0) is 26.2. The van der Waals surface area contributed by atoms with Gasteiger partial charge in [-0.15, -0.1) is 0 Å². The van der Waals surface area contributed by atoms with Gasteiger partial charge in [0.2, 0.25) is 5.89 Å². The summed E-state index contributed by atoms with van der Waals surface area (Å²) in [5.41, 5.74) is 1.51. The molecule has 1 fully saturated rings. The first-order chi connectivity index (χ1) is 17.7. The smallest absolute Gasteiger partial charge is 0.277 e. The number of pyridine rings is 1. The number of fused-ring (bicyclic) bond motifs is 1. The molecule has 5 rings (SSSR count). The number of morpholine rings is 1. The molecule has 2 aliphatic rings. The number of alkyl halides is 1. The number of hydrogen-bond donors (Lipinski definition) is 2. The first-order valence-electron chi connectivity index (χ1n) is 12.0. The fourth-order valence-electron chi connectivity index (χ4n) is 4.33. The van der Waals surface area contributed by atoms with E-state index in [1.165, 1.54) is 25.0 Å². The lowest BCUT2D eigenvalue weighted by Gasteiger charge is -2.31. The Bertz CT molecular complexity index is 1300. The molecular weight excluding hydrogens is 481 g/mol. The van der Waals surface area contributed by atoms with Gasteiger partial charge in [-0.2, -0.15) is 0 Å². The summed E-state index contributed by atoms with van der Waals surface area (Å²) in [7, 11) is 0. The van der Waals surface area contributed by atoms with Gasteiger partial charge in [0.15, 0.2) is 5.69 Å². The first kappa shape index (κ1) is 24.8. The van der Waals surface area contributed by atoms with Crippen LogP contribution in [0.2, 0.25) is 0 Å². The lowest BCUT2D eigenvalue weighted by Crippen LogP contribution is -2.42. The summed E-state index contributed by atoms with van der Waals surface area (Å²) >= 11 is 0. The predicted octanol–water partition coefficient (Wildman–Crippen LogP) is 2.89. The van der Waals surface area contributed by atoms with Gasteiger partial charge < -0.3 is 29.4 Å². The summed E-state index contributed by atoms with van der Waals surface area (Å²) in [6.45, 7) is 4.88. The van der Waals surface area contributed by atoms with Crippen LogP contribution >= 0.6 is 0 Å². The minimum atomic E-state index is -1.61. The van der Waals surface area contributed by atoms with Crippen molar-refractivity contribution < 1.29 is 28.2 Å². The number of halogens is 1. The van der Waals surface area contributed by atoms with Crippen LogP contribution in [-0.2, 0) is 11.3 Å². The minimum absolute atomic E-state index is 0.100. The molecule has 1 aromatic carbocycles. The molecule has 194 valence electrons. The molecule has 2 N–H and O–H groups in total. The quantitative estimate of drug-likeness (QED) is 0.499. The Labute approximate surface area is 213 Å².